The summed E-state index contributed by atoms with van der Waals surface area (Å²) in [6, 6.07) is 6.90. The summed E-state index contributed by atoms with van der Waals surface area (Å²) < 4.78 is 11.1. The van der Waals surface area contributed by atoms with Crippen LogP contribution in [0.2, 0.25) is 0 Å². The molecule has 0 aromatic heterocycles. The van der Waals surface area contributed by atoms with E-state index in [1.165, 1.54) is 31.7 Å². The SMILES string of the molecule is CCNC(=NCc1ccc(C)cc1OCCCOC)NCC1CN2CCN1CC2.I. The lowest BCUT2D eigenvalue weighted by Gasteiger charge is -2.47. The van der Waals surface area contributed by atoms with Gasteiger partial charge in [-0.25, -0.2) is 4.99 Å². The van der Waals surface area contributed by atoms with E-state index in [0.29, 0.717) is 25.8 Å². The number of nitrogens with one attached hydrogen (secondary N) is 2. The molecule has 0 saturated carbocycles. The van der Waals surface area contributed by atoms with Gasteiger partial charge in [0.2, 0.25) is 0 Å². The third-order valence-electron chi connectivity index (χ3n) is 5.62. The van der Waals surface area contributed by atoms with E-state index in [1.807, 2.05) is 0 Å². The zero-order chi connectivity index (χ0) is 20.5. The Balaban J connectivity index is 0.00000320. The first kappa shape index (κ1) is 25.2. The zero-order valence-electron chi connectivity index (χ0n) is 18.7. The van der Waals surface area contributed by atoms with Crippen LogP contribution in [0.1, 0.15) is 24.5 Å². The van der Waals surface area contributed by atoms with Crippen molar-refractivity contribution < 1.29 is 9.47 Å². The number of hydrogen-bond acceptors (Lipinski definition) is 5. The van der Waals surface area contributed by atoms with Gasteiger partial charge in [-0.2, -0.15) is 0 Å². The van der Waals surface area contributed by atoms with Crippen molar-refractivity contribution in [1.82, 2.24) is 20.4 Å². The number of ether oxygens (including phenoxy) is 2. The fourth-order valence-corrected chi connectivity index (χ4v) is 3.95. The molecular formula is C22H38IN5O2. The minimum atomic E-state index is 0. The van der Waals surface area contributed by atoms with Gasteiger partial charge < -0.3 is 20.1 Å². The number of fused-ring (bicyclic) bond motifs is 3. The first-order chi connectivity index (χ1) is 14.2. The first-order valence-electron chi connectivity index (χ1n) is 10.9. The van der Waals surface area contributed by atoms with E-state index in [0.717, 1.165) is 43.3 Å². The summed E-state index contributed by atoms with van der Waals surface area (Å²) in [5.41, 5.74) is 2.30. The normalized spacial score (nSPS) is 23.0. The van der Waals surface area contributed by atoms with Gasteiger partial charge in [0.25, 0.3) is 0 Å². The van der Waals surface area contributed by atoms with E-state index in [1.54, 1.807) is 7.11 Å². The average molecular weight is 531 g/mol. The molecule has 0 aliphatic carbocycles. The lowest BCUT2D eigenvalue weighted by Crippen LogP contribution is -2.63. The quantitative estimate of drug-likeness (QED) is 0.209. The minimum Gasteiger partial charge on any atom is -0.493 e. The predicted molar refractivity (Wildman–Crippen MR) is 133 cm³/mol. The average Bonchev–Trinajstić information content (AvgIpc) is 2.75. The number of halogens is 1. The first-order valence-corrected chi connectivity index (χ1v) is 10.9. The molecule has 3 fully saturated rings. The molecule has 4 rings (SSSR count). The van der Waals surface area contributed by atoms with Crippen molar-refractivity contribution in [3.63, 3.8) is 0 Å². The van der Waals surface area contributed by atoms with Gasteiger partial charge in [0, 0.05) is 77.6 Å². The van der Waals surface area contributed by atoms with E-state index in [-0.39, 0.29) is 24.0 Å². The van der Waals surface area contributed by atoms with Crippen molar-refractivity contribution in [2.75, 3.05) is 66.1 Å². The molecule has 2 bridgehead atoms. The van der Waals surface area contributed by atoms with Gasteiger partial charge >= 0.3 is 0 Å². The van der Waals surface area contributed by atoms with Gasteiger partial charge in [-0.15, -0.1) is 24.0 Å². The van der Waals surface area contributed by atoms with Crippen LogP contribution in [0.25, 0.3) is 0 Å². The van der Waals surface area contributed by atoms with E-state index in [2.05, 4.69) is 52.5 Å². The van der Waals surface area contributed by atoms with E-state index in [9.17, 15) is 0 Å². The zero-order valence-corrected chi connectivity index (χ0v) is 21.0. The highest BCUT2D eigenvalue weighted by atomic mass is 127. The number of methoxy groups -OCH3 is 1. The van der Waals surface area contributed by atoms with Crippen molar-refractivity contribution in [1.29, 1.82) is 0 Å². The standard InChI is InChI=1S/C22H37N5O2.HI/c1-4-23-22(25-16-20-17-26-8-10-27(20)11-9-26)24-15-19-7-6-18(2)14-21(19)29-13-5-12-28-3;/h6-7,14,20H,4-5,8-13,15-17H2,1-3H3,(H2,23,24,25);1H. The molecule has 3 saturated heterocycles. The Hall–Kier alpha value is -1.10. The molecule has 3 aliphatic heterocycles. The Bertz CT molecular complexity index is 665. The van der Waals surface area contributed by atoms with Crippen LogP contribution < -0.4 is 15.4 Å². The molecule has 7 nitrogen and oxygen atoms in total. The van der Waals surface area contributed by atoms with Crippen LogP contribution in [-0.4, -0.2) is 87.9 Å². The molecule has 3 aliphatic rings. The molecule has 1 aromatic carbocycles. The molecule has 0 spiro atoms. The summed E-state index contributed by atoms with van der Waals surface area (Å²) in [6.45, 7) is 13.9. The number of piperazine rings is 3. The lowest BCUT2D eigenvalue weighted by molar-refractivity contribution is 0.0154. The second-order valence-electron chi connectivity index (χ2n) is 7.87. The summed E-state index contributed by atoms with van der Waals surface area (Å²) in [5.74, 6) is 1.79. The second kappa shape index (κ2) is 13.3. The molecule has 1 atom stereocenters. The van der Waals surface area contributed by atoms with Gasteiger partial charge in [-0.3, -0.25) is 9.80 Å². The Labute approximate surface area is 198 Å². The summed E-state index contributed by atoms with van der Waals surface area (Å²) in [5, 5.41) is 6.93. The van der Waals surface area contributed by atoms with Gasteiger partial charge in [0.05, 0.1) is 13.2 Å². The van der Waals surface area contributed by atoms with Crippen molar-refractivity contribution in [2.24, 2.45) is 4.99 Å². The largest absolute Gasteiger partial charge is 0.493 e. The van der Waals surface area contributed by atoms with E-state index in [4.69, 9.17) is 14.5 Å². The topological polar surface area (TPSA) is 61.4 Å². The van der Waals surface area contributed by atoms with Crippen molar-refractivity contribution >= 4 is 29.9 Å². The summed E-state index contributed by atoms with van der Waals surface area (Å²) in [4.78, 5) is 9.99. The van der Waals surface area contributed by atoms with Gasteiger partial charge in [-0.05, 0) is 25.5 Å². The predicted octanol–water partition coefficient (Wildman–Crippen LogP) is 2.08. The van der Waals surface area contributed by atoms with Crippen LogP contribution in [0.4, 0.5) is 0 Å². The van der Waals surface area contributed by atoms with Crippen LogP contribution in [0.5, 0.6) is 5.75 Å². The highest BCUT2D eigenvalue weighted by Crippen LogP contribution is 2.21. The number of aliphatic imine (C=N–C) groups is 1. The molecule has 8 heteroatoms. The monoisotopic (exact) mass is 531 g/mol. The highest BCUT2D eigenvalue weighted by Gasteiger charge is 2.31. The lowest BCUT2D eigenvalue weighted by atomic mass is 10.1. The Morgan fingerprint density at radius 1 is 1.17 bits per heavy atom. The van der Waals surface area contributed by atoms with Crippen LogP contribution in [0, 0.1) is 6.92 Å². The maximum atomic E-state index is 6.00. The molecule has 30 heavy (non-hydrogen) atoms. The molecule has 1 aromatic rings. The summed E-state index contributed by atoms with van der Waals surface area (Å²) in [7, 11) is 1.72. The summed E-state index contributed by atoms with van der Waals surface area (Å²) >= 11 is 0. The minimum absolute atomic E-state index is 0. The molecule has 1 unspecified atom stereocenters. The molecule has 0 amide bonds. The third kappa shape index (κ3) is 7.55. The number of benzene rings is 1. The molecule has 0 radical (unpaired) electrons. The van der Waals surface area contributed by atoms with Crippen LogP contribution in [0.15, 0.2) is 23.2 Å². The van der Waals surface area contributed by atoms with Gasteiger partial charge in [0.15, 0.2) is 5.96 Å². The smallest absolute Gasteiger partial charge is 0.191 e. The fraction of sp³-hybridized carbons (Fsp3) is 0.682. The van der Waals surface area contributed by atoms with Crippen LogP contribution in [-0.2, 0) is 11.3 Å². The molecule has 2 N–H and O–H groups in total. The number of nitrogens with zero attached hydrogens (tertiary/aromatic N) is 3. The molecular weight excluding hydrogens is 493 g/mol. The van der Waals surface area contributed by atoms with Crippen molar-refractivity contribution in [3.8, 4) is 5.75 Å². The molecule has 3 heterocycles. The van der Waals surface area contributed by atoms with Crippen LogP contribution >= 0.6 is 24.0 Å². The number of hydrogen-bond donors (Lipinski definition) is 2. The third-order valence-corrected chi connectivity index (χ3v) is 5.62. The van der Waals surface area contributed by atoms with Crippen molar-refractivity contribution in [2.45, 2.75) is 32.9 Å². The van der Waals surface area contributed by atoms with Crippen molar-refractivity contribution in [3.05, 3.63) is 29.3 Å². The van der Waals surface area contributed by atoms with Gasteiger partial charge in [-0.1, -0.05) is 12.1 Å². The number of aryl methyl sites for hydroxylation is 1. The fourth-order valence-electron chi connectivity index (χ4n) is 3.95. The van der Waals surface area contributed by atoms with E-state index < -0.39 is 0 Å². The maximum absolute atomic E-state index is 6.00. The van der Waals surface area contributed by atoms with Gasteiger partial charge in [0.1, 0.15) is 5.75 Å². The Morgan fingerprint density at radius 3 is 2.63 bits per heavy atom. The number of guanidine groups is 1. The highest BCUT2D eigenvalue weighted by molar-refractivity contribution is 14.0. The number of rotatable bonds is 10. The Morgan fingerprint density at radius 2 is 1.97 bits per heavy atom. The Kier molecular flexibility index (Phi) is 11.2. The summed E-state index contributed by atoms with van der Waals surface area (Å²) in [6.07, 6.45) is 0.881. The second-order valence-corrected chi connectivity index (χ2v) is 7.87. The van der Waals surface area contributed by atoms with Crippen LogP contribution in [0.3, 0.4) is 0 Å². The molecule has 170 valence electrons. The van der Waals surface area contributed by atoms with E-state index >= 15 is 0 Å². The maximum Gasteiger partial charge on any atom is 0.191 e.